The number of hydrogen-bond acceptors (Lipinski definition) is 4. The molecule has 2 heterocycles. The van der Waals surface area contributed by atoms with Crippen molar-refractivity contribution in [3.8, 4) is 0 Å². The van der Waals surface area contributed by atoms with Gasteiger partial charge in [-0.1, -0.05) is 15.9 Å². The summed E-state index contributed by atoms with van der Waals surface area (Å²) in [6.45, 7) is 1.92. The second-order valence-electron chi connectivity index (χ2n) is 4.63. The fourth-order valence-electron chi connectivity index (χ4n) is 2.03. The first-order valence-corrected chi connectivity index (χ1v) is 7.86. The van der Waals surface area contributed by atoms with Crippen LogP contribution in [-0.2, 0) is 0 Å². The highest BCUT2D eigenvalue weighted by molar-refractivity contribution is 9.10. The lowest BCUT2D eigenvalue weighted by Crippen LogP contribution is -2.13. The Hall–Kier alpha value is -1.92. The van der Waals surface area contributed by atoms with Crippen LogP contribution >= 0.6 is 27.3 Å². The molecular formula is C15H12BrN3OS. The zero-order chi connectivity index (χ0) is 15.0. The van der Waals surface area contributed by atoms with Gasteiger partial charge in [-0.3, -0.25) is 9.78 Å². The van der Waals surface area contributed by atoms with E-state index in [1.165, 1.54) is 11.3 Å². The first-order valence-electron chi connectivity index (χ1n) is 6.26. The summed E-state index contributed by atoms with van der Waals surface area (Å²) >= 11 is 4.80. The highest BCUT2D eigenvalue weighted by atomic mass is 79.9. The van der Waals surface area contributed by atoms with E-state index < -0.39 is 0 Å². The van der Waals surface area contributed by atoms with Gasteiger partial charge in [0.15, 0.2) is 0 Å². The second kappa shape index (κ2) is 5.46. The Labute approximate surface area is 134 Å². The van der Waals surface area contributed by atoms with Crippen molar-refractivity contribution in [2.75, 3.05) is 11.1 Å². The Bertz CT molecular complexity index is 844. The predicted octanol–water partition coefficient (Wildman–Crippen LogP) is 4.20. The summed E-state index contributed by atoms with van der Waals surface area (Å²) in [7, 11) is 0. The van der Waals surface area contributed by atoms with Crippen LogP contribution in [0.2, 0.25) is 0 Å². The summed E-state index contributed by atoms with van der Waals surface area (Å²) in [5, 5.41) is 3.75. The molecule has 0 aliphatic rings. The molecule has 0 spiro atoms. The largest absolute Gasteiger partial charge is 0.397 e. The zero-order valence-corrected chi connectivity index (χ0v) is 13.6. The summed E-state index contributed by atoms with van der Waals surface area (Å²) in [6, 6.07) is 7.66. The number of fused-ring (bicyclic) bond motifs is 1. The van der Waals surface area contributed by atoms with Gasteiger partial charge in [0.25, 0.3) is 5.91 Å². The Morgan fingerprint density at radius 2 is 2.19 bits per heavy atom. The molecule has 106 valence electrons. The molecule has 0 saturated heterocycles. The number of pyridine rings is 1. The van der Waals surface area contributed by atoms with E-state index in [9.17, 15) is 4.79 Å². The number of nitrogens with two attached hydrogens (primary N) is 1. The Morgan fingerprint density at radius 1 is 1.38 bits per heavy atom. The molecule has 0 aliphatic carbocycles. The average molecular weight is 362 g/mol. The third-order valence-corrected chi connectivity index (χ3v) is 4.86. The summed E-state index contributed by atoms with van der Waals surface area (Å²) in [6.07, 6.45) is 3.32. The molecule has 21 heavy (non-hydrogen) atoms. The predicted molar refractivity (Wildman–Crippen MR) is 90.9 cm³/mol. The minimum atomic E-state index is -0.207. The number of nitrogens with one attached hydrogen (secondary N) is 1. The van der Waals surface area contributed by atoms with Gasteiger partial charge < -0.3 is 11.1 Å². The van der Waals surface area contributed by atoms with Crippen molar-refractivity contribution in [1.82, 2.24) is 4.98 Å². The maximum absolute atomic E-state index is 12.4. The number of carbonyl (C=O) groups excluding carboxylic acids is 1. The molecule has 0 aliphatic heterocycles. The van der Waals surface area contributed by atoms with Crippen LogP contribution in [0.1, 0.15) is 15.2 Å². The SMILES string of the molecule is Cc1ccncc1NC(=O)c1sc2ccc(Br)cc2c1N. The number of nitrogen functional groups attached to an aromatic ring is 1. The van der Waals surface area contributed by atoms with Gasteiger partial charge >= 0.3 is 0 Å². The third-order valence-electron chi connectivity index (χ3n) is 3.18. The number of carbonyl (C=O) groups is 1. The number of halogens is 1. The molecule has 3 rings (SSSR count). The molecular weight excluding hydrogens is 350 g/mol. The van der Waals surface area contributed by atoms with Crippen molar-refractivity contribution in [1.29, 1.82) is 0 Å². The average Bonchev–Trinajstić information content (AvgIpc) is 2.79. The Kier molecular flexibility index (Phi) is 3.65. The molecule has 3 aromatic rings. The highest BCUT2D eigenvalue weighted by Gasteiger charge is 2.17. The molecule has 0 radical (unpaired) electrons. The van der Waals surface area contributed by atoms with Crippen LogP contribution in [0.25, 0.3) is 10.1 Å². The van der Waals surface area contributed by atoms with E-state index in [-0.39, 0.29) is 5.91 Å². The minimum absolute atomic E-state index is 0.207. The fraction of sp³-hybridized carbons (Fsp3) is 0.0667. The first kappa shape index (κ1) is 14.0. The van der Waals surface area contributed by atoms with Gasteiger partial charge in [-0.2, -0.15) is 0 Å². The molecule has 0 saturated carbocycles. The van der Waals surface area contributed by atoms with Crippen LogP contribution in [0, 0.1) is 6.92 Å². The van der Waals surface area contributed by atoms with Crippen molar-refractivity contribution in [2.45, 2.75) is 6.92 Å². The van der Waals surface area contributed by atoms with Crippen molar-refractivity contribution in [3.05, 3.63) is 51.6 Å². The monoisotopic (exact) mass is 361 g/mol. The second-order valence-corrected chi connectivity index (χ2v) is 6.60. The Balaban J connectivity index is 1.99. The van der Waals surface area contributed by atoms with Gasteiger partial charge in [0.05, 0.1) is 17.6 Å². The van der Waals surface area contributed by atoms with E-state index in [1.54, 1.807) is 12.4 Å². The van der Waals surface area contributed by atoms with Gasteiger partial charge in [-0.05, 0) is 36.8 Å². The van der Waals surface area contributed by atoms with Crippen LogP contribution < -0.4 is 11.1 Å². The fourth-order valence-corrected chi connectivity index (χ4v) is 3.39. The van der Waals surface area contributed by atoms with Crippen LogP contribution in [0.3, 0.4) is 0 Å². The Morgan fingerprint density at radius 3 is 2.95 bits per heavy atom. The number of nitrogens with zero attached hydrogens (tertiary/aromatic N) is 1. The number of rotatable bonds is 2. The molecule has 6 heteroatoms. The number of hydrogen-bond donors (Lipinski definition) is 2. The van der Waals surface area contributed by atoms with E-state index >= 15 is 0 Å². The molecule has 0 unspecified atom stereocenters. The summed E-state index contributed by atoms with van der Waals surface area (Å²) in [5.74, 6) is -0.207. The van der Waals surface area contributed by atoms with E-state index in [0.29, 0.717) is 16.3 Å². The molecule has 2 aromatic heterocycles. The number of thiophene rings is 1. The lowest BCUT2D eigenvalue weighted by Gasteiger charge is -2.06. The minimum Gasteiger partial charge on any atom is -0.397 e. The standard InChI is InChI=1S/C15H12BrN3OS/c1-8-4-5-18-7-11(8)19-15(20)14-13(17)10-6-9(16)2-3-12(10)21-14/h2-7H,17H2,1H3,(H,19,20). The van der Waals surface area contributed by atoms with Crippen molar-refractivity contribution in [3.63, 3.8) is 0 Å². The first-order chi connectivity index (χ1) is 10.1. The maximum Gasteiger partial charge on any atom is 0.267 e. The van der Waals surface area contributed by atoms with Gasteiger partial charge in [0.1, 0.15) is 4.88 Å². The van der Waals surface area contributed by atoms with Crippen molar-refractivity contribution >= 4 is 54.6 Å². The molecule has 1 amide bonds. The summed E-state index contributed by atoms with van der Waals surface area (Å²) in [5.41, 5.74) is 8.28. The number of benzene rings is 1. The van der Waals surface area contributed by atoms with Crippen LogP contribution in [0.5, 0.6) is 0 Å². The zero-order valence-electron chi connectivity index (χ0n) is 11.2. The smallest absolute Gasteiger partial charge is 0.267 e. The van der Waals surface area contributed by atoms with Crippen LogP contribution in [0.4, 0.5) is 11.4 Å². The van der Waals surface area contributed by atoms with E-state index in [0.717, 1.165) is 20.1 Å². The van der Waals surface area contributed by atoms with Crippen LogP contribution in [0.15, 0.2) is 41.1 Å². The highest BCUT2D eigenvalue weighted by Crippen LogP contribution is 2.35. The van der Waals surface area contributed by atoms with E-state index in [4.69, 9.17) is 5.73 Å². The molecule has 3 N–H and O–H groups in total. The van der Waals surface area contributed by atoms with Crippen molar-refractivity contribution in [2.24, 2.45) is 0 Å². The number of aryl methyl sites for hydroxylation is 1. The molecule has 1 aromatic carbocycles. The normalized spacial score (nSPS) is 10.8. The lowest BCUT2D eigenvalue weighted by atomic mass is 10.2. The van der Waals surface area contributed by atoms with Gasteiger partial charge in [0.2, 0.25) is 0 Å². The number of anilines is 2. The van der Waals surface area contributed by atoms with Gasteiger partial charge in [-0.25, -0.2) is 0 Å². The summed E-state index contributed by atoms with van der Waals surface area (Å²) in [4.78, 5) is 17.0. The number of aromatic nitrogens is 1. The number of amides is 1. The molecule has 0 atom stereocenters. The summed E-state index contributed by atoms with van der Waals surface area (Å²) < 4.78 is 1.93. The van der Waals surface area contributed by atoms with Crippen molar-refractivity contribution < 1.29 is 4.79 Å². The van der Waals surface area contributed by atoms with E-state index in [2.05, 4.69) is 26.2 Å². The van der Waals surface area contributed by atoms with Crippen LogP contribution in [-0.4, -0.2) is 10.9 Å². The maximum atomic E-state index is 12.4. The third kappa shape index (κ3) is 2.64. The molecule has 0 bridgehead atoms. The van der Waals surface area contributed by atoms with Gasteiger partial charge in [-0.15, -0.1) is 11.3 Å². The molecule has 4 nitrogen and oxygen atoms in total. The molecule has 0 fully saturated rings. The lowest BCUT2D eigenvalue weighted by molar-refractivity contribution is 0.103. The van der Waals surface area contributed by atoms with E-state index in [1.807, 2.05) is 31.2 Å². The quantitative estimate of drug-likeness (QED) is 0.718. The topological polar surface area (TPSA) is 68.0 Å². The van der Waals surface area contributed by atoms with Gasteiger partial charge in [0, 0.05) is 20.8 Å².